The topological polar surface area (TPSA) is 134 Å². The van der Waals surface area contributed by atoms with Crippen LogP contribution in [-0.4, -0.2) is 29.5 Å². The van der Waals surface area contributed by atoms with Crippen LogP contribution in [0.4, 0.5) is 11.4 Å². The highest BCUT2D eigenvalue weighted by Crippen LogP contribution is 2.28. The fourth-order valence-electron chi connectivity index (χ4n) is 2.49. The van der Waals surface area contributed by atoms with E-state index in [-0.39, 0.29) is 12.1 Å². The lowest BCUT2D eigenvalue weighted by Crippen LogP contribution is -2.23. The lowest BCUT2D eigenvalue weighted by molar-refractivity contribution is -0.394. The molecule has 10 nitrogen and oxygen atoms in total. The van der Waals surface area contributed by atoms with Crippen molar-refractivity contribution in [3.63, 3.8) is 0 Å². The molecule has 2 rings (SSSR count). The van der Waals surface area contributed by atoms with Gasteiger partial charge in [-0.2, -0.15) is 0 Å². The lowest BCUT2D eigenvalue weighted by Gasteiger charge is -2.12. The lowest BCUT2D eigenvalue weighted by atomic mass is 10.1. The van der Waals surface area contributed by atoms with Gasteiger partial charge in [-0.1, -0.05) is 19.4 Å². The zero-order chi connectivity index (χ0) is 21.4. The Bertz CT molecular complexity index is 882. The van der Waals surface area contributed by atoms with Crippen molar-refractivity contribution in [1.82, 2.24) is 5.32 Å². The number of methoxy groups -OCH3 is 1. The molecule has 0 atom stereocenters. The summed E-state index contributed by atoms with van der Waals surface area (Å²) in [6, 6.07) is 7.98. The summed E-state index contributed by atoms with van der Waals surface area (Å²) in [5.74, 6) is 0.434. The van der Waals surface area contributed by atoms with Crippen molar-refractivity contribution in [1.29, 1.82) is 0 Å². The van der Waals surface area contributed by atoms with Crippen molar-refractivity contribution in [2.75, 3.05) is 13.7 Å². The molecule has 0 aliphatic rings. The number of carbonyl (C=O) groups excluding carboxylic acids is 1. The number of benzene rings is 2. The zero-order valence-corrected chi connectivity index (χ0v) is 16.0. The summed E-state index contributed by atoms with van der Waals surface area (Å²) in [7, 11) is 1.51. The number of nitro benzene ring substituents is 2. The van der Waals surface area contributed by atoms with Crippen LogP contribution >= 0.6 is 0 Å². The van der Waals surface area contributed by atoms with Gasteiger partial charge < -0.3 is 14.8 Å². The van der Waals surface area contributed by atoms with Crippen LogP contribution in [-0.2, 0) is 6.54 Å². The highest BCUT2D eigenvalue weighted by Gasteiger charge is 2.19. The number of hydrogen-bond donors (Lipinski definition) is 1. The van der Waals surface area contributed by atoms with Crippen molar-refractivity contribution in [2.45, 2.75) is 26.3 Å². The average molecular weight is 403 g/mol. The molecular formula is C19H21N3O7. The van der Waals surface area contributed by atoms with Crippen molar-refractivity contribution >= 4 is 17.3 Å². The summed E-state index contributed by atoms with van der Waals surface area (Å²) in [5, 5.41) is 24.5. The SMILES string of the molecule is CCCCOc1ccc(CNC(=O)c2cc([N+](=O)[O-])cc([N+](=O)[O-])c2)cc1OC. The Labute approximate surface area is 166 Å². The Kier molecular flexibility index (Phi) is 7.47. The maximum atomic E-state index is 12.4. The fraction of sp³-hybridized carbons (Fsp3) is 0.316. The number of nitrogens with zero attached hydrogens (tertiary/aromatic N) is 2. The summed E-state index contributed by atoms with van der Waals surface area (Å²) in [6.07, 6.45) is 1.92. The van der Waals surface area contributed by atoms with Crippen LogP contribution in [0.15, 0.2) is 36.4 Å². The highest BCUT2D eigenvalue weighted by atomic mass is 16.6. The molecule has 2 aromatic carbocycles. The van der Waals surface area contributed by atoms with E-state index in [2.05, 4.69) is 12.2 Å². The van der Waals surface area contributed by atoms with E-state index in [1.165, 1.54) is 7.11 Å². The van der Waals surface area contributed by atoms with Crippen LogP contribution in [0.25, 0.3) is 0 Å². The quantitative estimate of drug-likeness (QED) is 0.364. The van der Waals surface area contributed by atoms with Crippen molar-refractivity contribution in [3.8, 4) is 11.5 Å². The molecule has 1 N–H and O–H groups in total. The van der Waals surface area contributed by atoms with E-state index in [4.69, 9.17) is 9.47 Å². The zero-order valence-electron chi connectivity index (χ0n) is 16.0. The number of nitro groups is 2. The van der Waals surface area contributed by atoms with Gasteiger partial charge in [-0.05, 0) is 24.1 Å². The summed E-state index contributed by atoms with van der Waals surface area (Å²) < 4.78 is 11.0. The molecule has 10 heteroatoms. The van der Waals surface area contributed by atoms with Gasteiger partial charge in [0.2, 0.25) is 0 Å². The van der Waals surface area contributed by atoms with Gasteiger partial charge in [0.25, 0.3) is 17.3 Å². The fourth-order valence-corrected chi connectivity index (χ4v) is 2.49. The molecule has 1 amide bonds. The third kappa shape index (κ3) is 5.89. The maximum absolute atomic E-state index is 12.4. The Hall–Kier alpha value is -3.69. The smallest absolute Gasteiger partial charge is 0.277 e. The molecule has 0 aliphatic heterocycles. The first-order valence-corrected chi connectivity index (χ1v) is 8.87. The molecule has 2 aromatic rings. The maximum Gasteiger partial charge on any atom is 0.277 e. The normalized spacial score (nSPS) is 10.3. The summed E-state index contributed by atoms with van der Waals surface area (Å²) in [5.41, 5.74) is -0.519. The number of nitrogens with one attached hydrogen (secondary N) is 1. The van der Waals surface area contributed by atoms with E-state index in [9.17, 15) is 25.0 Å². The average Bonchev–Trinajstić information content (AvgIpc) is 2.72. The molecule has 0 aliphatic carbocycles. The van der Waals surface area contributed by atoms with E-state index in [1.54, 1.807) is 18.2 Å². The number of carbonyl (C=O) groups is 1. The number of hydrogen-bond acceptors (Lipinski definition) is 7. The molecule has 0 bridgehead atoms. The van der Waals surface area contributed by atoms with Gasteiger partial charge in [0.1, 0.15) is 0 Å². The Morgan fingerprint density at radius 3 is 2.24 bits per heavy atom. The molecule has 0 unspecified atom stereocenters. The van der Waals surface area contributed by atoms with Gasteiger partial charge >= 0.3 is 0 Å². The van der Waals surface area contributed by atoms with Crippen LogP contribution in [0.3, 0.4) is 0 Å². The van der Waals surface area contributed by atoms with Gasteiger partial charge in [0, 0.05) is 18.7 Å². The van der Waals surface area contributed by atoms with E-state index >= 15 is 0 Å². The van der Waals surface area contributed by atoms with Crippen LogP contribution in [0, 0.1) is 20.2 Å². The minimum atomic E-state index is -0.786. The highest BCUT2D eigenvalue weighted by molar-refractivity contribution is 5.95. The largest absolute Gasteiger partial charge is 0.493 e. The Balaban J connectivity index is 2.12. The monoisotopic (exact) mass is 403 g/mol. The first-order chi connectivity index (χ1) is 13.8. The van der Waals surface area contributed by atoms with Gasteiger partial charge in [-0.25, -0.2) is 0 Å². The molecule has 0 aromatic heterocycles. The standard InChI is InChI=1S/C19H21N3O7/c1-3-4-7-29-17-6-5-13(8-18(17)28-2)12-20-19(23)14-9-15(21(24)25)11-16(10-14)22(26)27/h5-6,8-11H,3-4,7,12H2,1-2H3,(H,20,23). The molecule has 0 spiro atoms. The van der Waals surface area contributed by atoms with Gasteiger partial charge in [0.05, 0.1) is 35.2 Å². The Morgan fingerprint density at radius 2 is 1.69 bits per heavy atom. The van der Waals surface area contributed by atoms with E-state index < -0.39 is 27.1 Å². The molecule has 0 saturated heterocycles. The number of unbranched alkanes of at least 4 members (excludes halogenated alkanes) is 1. The molecule has 0 fully saturated rings. The number of ether oxygens (including phenoxy) is 2. The minimum absolute atomic E-state index is 0.0981. The van der Waals surface area contributed by atoms with E-state index in [1.807, 2.05) is 0 Å². The molecule has 154 valence electrons. The summed E-state index contributed by atoms with van der Waals surface area (Å²) >= 11 is 0. The predicted octanol–water partition coefficient (Wildman–Crippen LogP) is 3.62. The second kappa shape index (κ2) is 10.0. The minimum Gasteiger partial charge on any atom is -0.493 e. The van der Waals surface area contributed by atoms with Crippen molar-refractivity contribution in [2.24, 2.45) is 0 Å². The van der Waals surface area contributed by atoms with Crippen LogP contribution < -0.4 is 14.8 Å². The molecule has 0 heterocycles. The molecule has 0 radical (unpaired) electrons. The Morgan fingerprint density at radius 1 is 1.03 bits per heavy atom. The second-order valence-electron chi connectivity index (χ2n) is 6.12. The van der Waals surface area contributed by atoms with Crippen molar-refractivity contribution in [3.05, 3.63) is 67.8 Å². The van der Waals surface area contributed by atoms with Gasteiger partial charge in [-0.15, -0.1) is 0 Å². The first kappa shape index (κ1) is 21.6. The number of amides is 1. The molecular weight excluding hydrogens is 382 g/mol. The van der Waals surface area contributed by atoms with Gasteiger partial charge in [0.15, 0.2) is 11.5 Å². The molecule has 29 heavy (non-hydrogen) atoms. The predicted molar refractivity (Wildman–Crippen MR) is 104 cm³/mol. The third-order valence-electron chi connectivity index (χ3n) is 4.02. The van der Waals surface area contributed by atoms with E-state index in [0.717, 1.165) is 31.0 Å². The van der Waals surface area contributed by atoms with Crippen LogP contribution in [0.2, 0.25) is 0 Å². The number of rotatable bonds is 10. The summed E-state index contributed by atoms with van der Waals surface area (Å²) in [4.78, 5) is 32.7. The first-order valence-electron chi connectivity index (χ1n) is 8.87. The van der Waals surface area contributed by atoms with Gasteiger partial charge in [-0.3, -0.25) is 25.0 Å². The van der Waals surface area contributed by atoms with Crippen LogP contribution in [0.5, 0.6) is 11.5 Å². The van der Waals surface area contributed by atoms with Crippen molar-refractivity contribution < 1.29 is 24.1 Å². The van der Waals surface area contributed by atoms with Crippen LogP contribution in [0.1, 0.15) is 35.7 Å². The second-order valence-corrected chi connectivity index (χ2v) is 6.12. The third-order valence-corrected chi connectivity index (χ3v) is 4.02. The number of non-ortho nitro benzene ring substituents is 2. The van der Waals surface area contributed by atoms with E-state index in [0.29, 0.717) is 23.7 Å². The summed E-state index contributed by atoms with van der Waals surface area (Å²) in [6.45, 7) is 2.72. The molecule has 0 saturated carbocycles.